The highest BCUT2D eigenvalue weighted by Gasteiger charge is 2.43. The zero-order valence-electron chi connectivity index (χ0n) is 9.74. The van der Waals surface area contributed by atoms with Gasteiger partial charge in [0.05, 0.1) is 11.7 Å². The molecule has 1 aliphatic rings. The molecule has 0 spiro atoms. The van der Waals surface area contributed by atoms with Gasteiger partial charge in [-0.2, -0.15) is 0 Å². The summed E-state index contributed by atoms with van der Waals surface area (Å²) >= 11 is 0. The van der Waals surface area contributed by atoms with Gasteiger partial charge in [0.25, 0.3) is 5.56 Å². The molecule has 0 saturated carbocycles. The van der Waals surface area contributed by atoms with Gasteiger partial charge in [-0.15, -0.1) is 0 Å². The summed E-state index contributed by atoms with van der Waals surface area (Å²) < 4.78 is 6.50. The van der Waals surface area contributed by atoms with Crippen molar-refractivity contribution in [2.45, 2.75) is 24.4 Å². The molecule has 4 atom stereocenters. The first-order chi connectivity index (χ1) is 8.45. The summed E-state index contributed by atoms with van der Waals surface area (Å²) in [4.78, 5) is 25.0. The number of aliphatic hydroxyl groups excluding tert-OH is 2. The van der Waals surface area contributed by atoms with Crippen LogP contribution in [0.3, 0.4) is 0 Å². The number of H-pyrrole nitrogens is 1. The lowest BCUT2D eigenvalue weighted by atomic mass is 10.0. The molecule has 1 aliphatic heterocycles. The van der Waals surface area contributed by atoms with Crippen molar-refractivity contribution in [3.63, 3.8) is 0 Å². The van der Waals surface area contributed by atoms with Gasteiger partial charge in [0, 0.05) is 19.8 Å². The van der Waals surface area contributed by atoms with Crippen molar-refractivity contribution in [3.8, 4) is 0 Å². The van der Waals surface area contributed by atoms with Crippen LogP contribution in [0.2, 0.25) is 0 Å². The zero-order valence-corrected chi connectivity index (χ0v) is 9.74. The van der Waals surface area contributed by atoms with E-state index in [0.29, 0.717) is 0 Å². The highest BCUT2D eigenvalue weighted by atomic mass is 16.5. The van der Waals surface area contributed by atoms with E-state index in [1.807, 2.05) is 0 Å². The minimum Gasteiger partial charge on any atom is -0.388 e. The van der Waals surface area contributed by atoms with Crippen LogP contribution in [0.4, 0.5) is 0 Å². The van der Waals surface area contributed by atoms with Crippen LogP contribution >= 0.6 is 0 Å². The van der Waals surface area contributed by atoms with Crippen molar-refractivity contribution in [3.05, 3.63) is 32.6 Å². The van der Waals surface area contributed by atoms with Crippen LogP contribution in [0.15, 0.2) is 15.8 Å². The van der Waals surface area contributed by atoms with Crippen molar-refractivity contribution < 1.29 is 14.9 Å². The fraction of sp³-hybridized carbons (Fsp3) is 0.600. The molecular formula is C10H15N3O5. The van der Waals surface area contributed by atoms with Crippen LogP contribution in [-0.2, 0) is 11.8 Å². The predicted octanol–water partition coefficient (Wildman–Crippen LogP) is -2.81. The first-order valence-corrected chi connectivity index (χ1v) is 5.47. The molecule has 8 nitrogen and oxygen atoms in total. The summed E-state index contributed by atoms with van der Waals surface area (Å²) in [6.07, 6.45) is -2.86. The van der Waals surface area contributed by atoms with Crippen molar-refractivity contribution >= 4 is 0 Å². The van der Waals surface area contributed by atoms with Crippen LogP contribution in [0.1, 0.15) is 11.7 Å². The maximum Gasteiger partial charge on any atom is 0.328 e. The Morgan fingerprint density at radius 2 is 2.11 bits per heavy atom. The Morgan fingerprint density at radius 1 is 1.44 bits per heavy atom. The third-order valence-electron chi connectivity index (χ3n) is 3.04. The number of nitrogens with two attached hydrogens (primary N) is 1. The standard InChI is InChI=1S/C10H15N3O5/c1-13-3-4(9(16)12-10(13)17)8-7(15)6(14)5(2-11)18-8/h3,5-8,14-15H,2,11H2,1H3,(H,12,16,17)/t5-,6?,7?,8+/m1/s1. The molecule has 5 N–H and O–H groups in total. The van der Waals surface area contributed by atoms with Crippen molar-refractivity contribution in [1.82, 2.24) is 9.55 Å². The van der Waals surface area contributed by atoms with Crippen LogP contribution in [0.5, 0.6) is 0 Å². The summed E-state index contributed by atoms with van der Waals surface area (Å²) in [5.41, 5.74) is 4.26. The number of aryl methyl sites for hydroxylation is 1. The van der Waals surface area contributed by atoms with Gasteiger partial charge in [0.2, 0.25) is 0 Å². The Bertz CT molecular complexity index is 551. The summed E-state index contributed by atoms with van der Waals surface area (Å²) in [7, 11) is 1.46. The molecular weight excluding hydrogens is 242 g/mol. The van der Waals surface area contributed by atoms with E-state index in [-0.39, 0.29) is 12.1 Å². The Labute approximate surface area is 102 Å². The van der Waals surface area contributed by atoms with Gasteiger partial charge >= 0.3 is 5.69 Å². The van der Waals surface area contributed by atoms with E-state index in [9.17, 15) is 19.8 Å². The summed E-state index contributed by atoms with van der Waals surface area (Å²) in [6, 6.07) is 0. The molecule has 18 heavy (non-hydrogen) atoms. The van der Waals surface area contributed by atoms with Crippen molar-refractivity contribution in [2.24, 2.45) is 12.8 Å². The molecule has 2 rings (SSSR count). The van der Waals surface area contributed by atoms with E-state index in [1.165, 1.54) is 13.2 Å². The molecule has 0 radical (unpaired) electrons. The SMILES string of the molecule is Cn1cc([C@@H]2O[C@H](CN)C(O)C2O)c(=O)[nH]c1=O. The smallest absolute Gasteiger partial charge is 0.328 e. The van der Waals surface area contributed by atoms with Crippen LogP contribution in [0.25, 0.3) is 0 Å². The third-order valence-corrected chi connectivity index (χ3v) is 3.04. The molecule has 0 bridgehead atoms. The topological polar surface area (TPSA) is 131 Å². The van der Waals surface area contributed by atoms with Crippen LogP contribution < -0.4 is 17.0 Å². The number of aromatic nitrogens is 2. The summed E-state index contributed by atoms with van der Waals surface area (Å²) in [6.45, 7) is 0.0262. The molecule has 100 valence electrons. The lowest BCUT2D eigenvalue weighted by Crippen LogP contribution is -2.36. The molecule has 1 aromatic heterocycles. The fourth-order valence-corrected chi connectivity index (χ4v) is 1.99. The number of hydrogen-bond acceptors (Lipinski definition) is 6. The lowest BCUT2D eigenvalue weighted by molar-refractivity contribution is 0.0103. The van der Waals surface area contributed by atoms with Crippen molar-refractivity contribution in [1.29, 1.82) is 0 Å². The Balaban J connectivity index is 2.42. The Hall–Kier alpha value is -1.48. The molecule has 0 amide bonds. The molecule has 8 heteroatoms. The number of aliphatic hydroxyl groups is 2. The molecule has 0 aromatic carbocycles. The van der Waals surface area contributed by atoms with Gasteiger partial charge in [-0.25, -0.2) is 4.79 Å². The third kappa shape index (κ3) is 1.99. The molecule has 2 heterocycles. The van der Waals surface area contributed by atoms with E-state index in [4.69, 9.17) is 10.5 Å². The quantitative estimate of drug-likeness (QED) is 0.452. The van der Waals surface area contributed by atoms with Crippen LogP contribution in [0, 0.1) is 0 Å². The van der Waals surface area contributed by atoms with Gasteiger partial charge < -0.3 is 25.3 Å². The summed E-state index contributed by atoms with van der Waals surface area (Å²) in [5, 5.41) is 19.5. The number of ether oxygens (including phenoxy) is 1. The van der Waals surface area contributed by atoms with E-state index in [1.54, 1.807) is 0 Å². The van der Waals surface area contributed by atoms with E-state index in [0.717, 1.165) is 4.57 Å². The minimum atomic E-state index is -1.25. The lowest BCUT2D eigenvalue weighted by Gasteiger charge is -2.14. The van der Waals surface area contributed by atoms with Crippen molar-refractivity contribution in [2.75, 3.05) is 6.54 Å². The number of nitrogens with one attached hydrogen (secondary N) is 1. The molecule has 1 saturated heterocycles. The monoisotopic (exact) mass is 257 g/mol. The van der Waals surface area contributed by atoms with Gasteiger partial charge in [-0.1, -0.05) is 0 Å². The van der Waals surface area contributed by atoms with Gasteiger partial charge in [0.1, 0.15) is 18.3 Å². The Morgan fingerprint density at radius 3 is 2.67 bits per heavy atom. The Kier molecular flexibility index (Phi) is 3.35. The first kappa shape index (κ1) is 13.0. The normalized spacial score (nSPS) is 31.8. The van der Waals surface area contributed by atoms with Gasteiger partial charge in [-0.05, 0) is 0 Å². The number of nitrogens with zero attached hydrogens (tertiary/aromatic N) is 1. The maximum atomic E-state index is 11.7. The average Bonchev–Trinajstić information content (AvgIpc) is 2.61. The molecule has 0 aliphatic carbocycles. The van der Waals surface area contributed by atoms with E-state index in [2.05, 4.69) is 4.98 Å². The number of aromatic amines is 1. The predicted molar refractivity (Wildman–Crippen MR) is 61.0 cm³/mol. The molecule has 2 unspecified atom stereocenters. The second-order valence-corrected chi connectivity index (χ2v) is 4.27. The van der Waals surface area contributed by atoms with Gasteiger partial charge in [-0.3, -0.25) is 9.78 Å². The average molecular weight is 257 g/mol. The van der Waals surface area contributed by atoms with E-state index >= 15 is 0 Å². The molecule has 1 fully saturated rings. The highest BCUT2D eigenvalue weighted by molar-refractivity contribution is 5.14. The highest BCUT2D eigenvalue weighted by Crippen LogP contribution is 2.31. The summed E-state index contributed by atoms with van der Waals surface area (Å²) in [5.74, 6) is 0. The van der Waals surface area contributed by atoms with Gasteiger partial charge in [0.15, 0.2) is 0 Å². The largest absolute Gasteiger partial charge is 0.388 e. The zero-order chi connectivity index (χ0) is 13.4. The fourth-order valence-electron chi connectivity index (χ4n) is 1.99. The number of hydrogen-bond donors (Lipinski definition) is 4. The maximum absolute atomic E-state index is 11.7. The second kappa shape index (κ2) is 4.65. The number of rotatable bonds is 2. The minimum absolute atomic E-state index is 0.0262. The first-order valence-electron chi connectivity index (χ1n) is 5.47. The van der Waals surface area contributed by atoms with Crippen LogP contribution in [-0.4, -0.2) is 44.6 Å². The van der Waals surface area contributed by atoms with E-state index < -0.39 is 35.7 Å². The second-order valence-electron chi connectivity index (χ2n) is 4.27. The molecule has 1 aromatic rings.